The fourth-order valence-electron chi connectivity index (χ4n) is 3.26. The molecule has 0 spiro atoms. The van der Waals surface area contributed by atoms with Crippen LogP contribution in [-0.4, -0.2) is 27.3 Å². The van der Waals surface area contributed by atoms with Crippen LogP contribution in [0, 0.1) is 0 Å². The van der Waals surface area contributed by atoms with Gasteiger partial charge in [-0.1, -0.05) is 6.07 Å². The molecule has 0 saturated heterocycles. The molecule has 1 atom stereocenters. The van der Waals surface area contributed by atoms with Crippen molar-refractivity contribution in [3.8, 4) is 11.5 Å². The lowest BCUT2D eigenvalue weighted by atomic mass is 10.0. The first-order valence-electron chi connectivity index (χ1n) is 9.48. The molecule has 1 N–H and O–H groups in total. The number of aromatic nitrogens is 3. The zero-order valence-electron chi connectivity index (χ0n) is 16.3. The van der Waals surface area contributed by atoms with Crippen LogP contribution in [0.3, 0.4) is 0 Å². The van der Waals surface area contributed by atoms with Crippen LogP contribution in [0.1, 0.15) is 41.4 Å². The van der Waals surface area contributed by atoms with Gasteiger partial charge in [0.25, 0.3) is 0 Å². The lowest BCUT2D eigenvalue weighted by Crippen LogP contribution is -2.09. The number of nitrogens with zero attached hydrogens (tertiary/aromatic N) is 2. The van der Waals surface area contributed by atoms with Gasteiger partial charge in [-0.25, -0.2) is 4.98 Å². The number of rotatable bonds is 7. The van der Waals surface area contributed by atoms with Crippen LogP contribution in [0.5, 0.6) is 11.5 Å². The molecule has 0 aliphatic rings. The number of fused-ring (bicyclic) bond motifs is 1. The summed E-state index contributed by atoms with van der Waals surface area (Å²) in [7, 11) is 0. The third-order valence-corrected chi connectivity index (χ3v) is 4.69. The van der Waals surface area contributed by atoms with Gasteiger partial charge < -0.3 is 14.5 Å². The third kappa shape index (κ3) is 3.69. The molecule has 0 unspecified atom stereocenters. The summed E-state index contributed by atoms with van der Waals surface area (Å²) in [5.41, 5.74) is 2.67. The number of hydrogen-bond donors (Lipinski definition) is 1. The topological polar surface area (TPSA) is 77.1 Å². The quantitative estimate of drug-likeness (QED) is 0.464. The van der Waals surface area contributed by atoms with Crippen molar-refractivity contribution in [2.75, 3.05) is 6.61 Å². The van der Waals surface area contributed by atoms with E-state index in [0.717, 1.165) is 10.9 Å². The first-order chi connectivity index (χ1) is 14.2. The van der Waals surface area contributed by atoms with Crippen molar-refractivity contribution >= 4 is 16.8 Å². The van der Waals surface area contributed by atoms with Gasteiger partial charge in [0.2, 0.25) is 0 Å². The normalized spacial score (nSPS) is 11.9. The number of aromatic amines is 1. The molecular weight excluding hydrogens is 366 g/mol. The van der Waals surface area contributed by atoms with E-state index in [1.165, 1.54) is 0 Å². The number of carbonyl (C=O) groups excluding carboxylic acids is 1. The van der Waals surface area contributed by atoms with Crippen LogP contribution < -0.4 is 9.47 Å². The maximum absolute atomic E-state index is 13.3. The predicted octanol–water partition coefficient (Wildman–Crippen LogP) is 4.73. The van der Waals surface area contributed by atoms with Gasteiger partial charge in [0.05, 0.1) is 12.2 Å². The summed E-state index contributed by atoms with van der Waals surface area (Å²) in [5, 5.41) is 0.774. The van der Waals surface area contributed by atoms with E-state index >= 15 is 0 Å². The Bertz CT molecular complexity index is 1140. The van der Waals surface area contributed by atoms with Crippen molar-refractivity contribution in [2.45, 2.75) is 20.0 Å². The number of hydrogen-bond acceptors (Lipinski definition) is 5. The number of carbonyl (C=O) groups is 1. The summed E-state index contributed by atoms with van der Waals surface area (Å²) in [6, 6.07) is 12.9. The molecule has 6 nitrogen and oxygen atoms in total. The van der Waals surface area contributed by atoms with Crippen LogP contribution >= 0.6 is 0 Å². The maximum Gasteiger partial charge on any atom is 0.199 e. The Morgan fingerprint density at radius 3 is 2.69 bits per heavy atom. The highest BCUT2D eigenvalue weighted by atomic mass is 16.5. The highest BCUT2D eigenvalue weighted by molar-refractivity contribution is 6.17. The fourth-order valence-corrected chi connectivity index (χ4v) is 3.26. The summed E-state index contributed by atoms with van der Waals surface area (Å²) in [6.45, 7) is 4.25. The van der Waals surface area contributed by atoms with Gasteiger partial charge >= 0.3 is 0 Å². The number of para-hydroxylation sites is 1. The lowest BCUT2D eigenvalue weighted by molar-refractivity contribution is 0.103. The molecule has 4 aromatic rings. The van der Waals surface area contributed by atoms with Crippen molar-refractivity contribution in [1.29, 1.82) is 0 Å². The van der Waals surface area contributed by atoms with E-state index in [1.807, 2.05) is 44.2 Å². The molecule has 4 rings (SSSR count). The molecule has 3 aromatic heterocycles. The van der Waals surface area contributed by atoms with Crippen LogP contribution in [0.15, 0.2) is 67.3 Å². The molecule has 29 heavy (non-hydrogen) atoms. The second-order valence-corrected chi connectivity index (χ2v) is 6.54. The molecule has 146 valence electrons. The standard InChI is InChI=1S/C23H21N3O3/c1-3-28-22-18(21(27)19-14-26-23-17(19)7-5-11-25-23)6-4-8-20(22)29-15(2)16-9-12-24-13-10-16/h4-15H,3H2,1-2H3,(H,25,26)/t15-/m1/s1. The molecule has 0 radical (unpaired) electrons. The third-order valence-electron chi connectivity index (χ3n) is 4.69. The maximum atomic E-state index is 13.3. The van der Waals surface area contributed by atoms with Gasteiger partial charge in [-0.3, -0.25) is 9.78 Å². The largest absolute Gasteiger partial charge is 0.489 e. The zero-order chi connectivity index (χ0) is 20.2. The fraction of sp³-hybridized carbons (Fsp3) is 0.174. The molecule has 0 amide bonds. The number of H-pyrrole nitrogens is 1. The Morgan fingerprint density at radius 2 is 1.90 bits per heavy atom. The molecule has 0 aliphatic carbocycles. The summed E-state index contributed by atoms with van der Waals surface area (Å²) < 4.78 is 12.0. The molecule has 0 saturated carbocycles. The van der Waals surface area contributed by atoms with Gasteiger partial charge in [-0.15, -0.1) is 0 Å². The van der Waals surface area contributed by atoms with Gasteiger partial charge in [-0.05, 0) is 55.8 Å². The van der Waals surface area contributed by atoms with E-state index in [9.17, 15) is 4.79 Å². The first-order valence-corrected chi connectivity index (χ1v) is 9.48. The number of ether oxygens (including phenoxy) is 2. The number of nitrogens with one attached hydrogen (secondary N) is 1. The molecular formula is C23H21N3O3. The molecule has 3 heterocycles. The van der Waals surface area contributed by atoms with Gasteiger partial charge in [0, 0.05) is 35.7 Å². The monoisotopic (exact) mass is 387 g/mol. The minimum Gasteiger partial charge on any atom is -0.489 e. The average Bonchev–Trinajstić information content (AvgIpc) is 3.19. The minimum absolute atomic E-state index is 0.144. The van der Waals surface area contributed by atoms with E-state index < -0.39 is 0 Å². The number of pyridine rings is 2. The van der Waals surface area contributed by atoms with E-state index in [2.05, 4.69) is 15.0 Å². The van der Waals surface area contributed by atoms with E-state index in [-0.39, 0.29) is 11.9 Å². The molecule has 6 heteroatoms. The molecule has 1 aromatic carbocycles. The average molecular weight is 387 g/mol. The Hall–Kier alpha value is -3.67. The first kappa shape index (κ1) is 18.7. The minimum atomic E-state index is -0.222. The number of ketones is 1. The Labute approximate surface area is 168 Å². The van der Waals surface area contributed by atoms with Gasteiger partial charge in [0.15, 0.2) is 17.3 Å². The van der Waals surface area contributed by atoms with Crippen molar-refractivity contribution in [3.63, 3.8) is 0 Å². The SMILES string of the molecule is CCOc1c(O[C@H](C)c2ccncc2)cccc1C(=O)c1c[nH]c2ncccc12. The number of benzene rings is 1. The molecule has 0 fully saturated rings. The highest BCUT2D eigenvalue weighted by Gasteiger charge is 2.22. The van der Waals surface area contributed by atoms with Gasteiger partial charge in [0.1, 0.15) is 11.8 Å². The molecule has 0 aliphatic heterocycles. The van der Waals surface area contributed by atoms with Crippen molar-refractivity contribution in [2.24, 2.45) is 0 Å². The van der Waals surface area contributed by atoms with Gasteiger partial charge in [-0.2, -0.15) is 0 Å². The zero-order valence-corrected chi connectivity index (χ0v) is 16.3. The predicted molar refractivity (Wildman–Crippen MR) is 110 cm³/mol. The van der Waals surface area contributed by atoms with Crippen LogP contribution in [0.2, 0.25) is 0 Å². The lowest BCUT2D eigenvalue weighted by Gasteiger charge is -2.19. The van der Waals surface area contributed by atoms with Crippen LogP contribution in [0.25, 0.3) is 11.0 Å². The second kappa shape index (κ2) is 8.14. The van der Waals surface area contributed by atoms with E-state index in [4.69, 9.17) is 9.47 Å². The van der Waals surface area contributed by atoms with Crippen LogP contribution in [-0.2, 0) is 0 Å². The Balaban J connectivity index is 1.72. The summed E-state index contributed by atoms with van der Waals surface area (Å²) >= 11 is 0. The molecule has 0 bridgehead atoms. The van der Waals surface area contributed by atoms with E-state index in [1.54, 1.807) is 36.9 Å². The summed E-state index contributed by atoms with van der Waals surface area (Å²) in [4.78, 5) is 24.7. The van der Waals surface area contributed by atoms with E-state index in [0.29, 0.717) is 34.9 Å². The van der Waals surface area contributed by atoms with Crippen molar-refractivity contribution in [3.05, 3.63) is 83.9 Å². The second-order valence-electron chi connectivity index (χ2n) is 6.54. The smallest absolute Gasteiger partial charge is 0.199 e. The highest BCUT2D eigenvalue weighted by Crippen LogP contribution is 2.36. The Kier molecular flexibility index (Phi) is 5.24. The van der Waals surface area contributed by atoms with Crippen molar-refractivity contribution in [1.82, 2.24) is 15.0 Å². The van der Waals surface area contributed by atoms with Crippen molar-refractivity contribution < 1.29 is 14.3 Å². The summed E-state index contributed by atoms with van der Waals surface area (Å²) in [5.74, 6) is 0.828. The summed E-state index contributed by atoms with van der Waals surface area (Å²) in [6.07, 6.45) is 6.60. The Morgan fingerprint density at radius 1 is 1.07 bits per heavy atom. The van der Waals surface area contributed by atoms with Crippen LogP contribution in [0.4, 0.5) is 0 Å².